The van der Waals surface area contributed by atoms with E-state index < -0.39 is 0 Å². The van der Waals surface area contributed by atoms with Crippen LogP contribution in [0.5, 0.6) is 0 Å². The molecule has 0 atom stereocenters. The van der Waals surface area contributed by atoms with Crippen molar-refractivity contribution in [1.29, 1.82) is 0 Å². The summed E-state index contributed by atoms with van der Waals surface area (Å²) in [6.45, 7) is 2.23. The summed E-state index contributed by atoms with van der Waals surface area (Å²) in [5.41, 5.74) is 4.08. The molecule has 1 saturated heterocycles. The molecule has 0 radical (unpaired) electrons. The number of hydrogen-bond donors (Lipinski definition) is 2. The summed E-state index contributed by atoms with van der Waals surface area (Å²) in [4.78, 5) is 22.9. The third kappa shape index (κ3) is 4.02. The third-order valence-corrected chi connectivity index (χ3v) is 6.84. The van der Waals surface area contributed by atoms with Crippen LogP contribution >= 0.6 is 22.9 Å². The molecule has 2 aromatic carbocycles. The number of H-pyrrole nitrogens is 1. The zero-order valence-corrected chi connectivity index (χ0v) is 18.2. The number of nitrogens with one attached hydrogen (secondary N) is 2. The van der Waals surface area contributed by atoms with Gasteiger partial charge in [0, 0.05) is 40.9 Å². The van der Waals surface area contributed by atoms with E-state index in [9.17, 15) is 4.79 Å². The van der Waals surface area contributed by atoms with Crippen LogP contribution in [0, 0.1) is 0 Å². The first-order valence-electron chi connectivity index (χ1n) is 10.4. The van der Waals surface area contributed by atoms with Gasteiger partial charge in [-0.15, -0.1) is 0 Å². The smallest absolute Gasteiger partial charge is 0.230 e. The van der Waals surface area contributed by atoms with E-state index in [2.05, 4.69) is 38.4 Å². The van der Waals surface area contributed by atoms with E-state index in [1.807, 2.05) is 24.4 Å². The van der Waals surface area contributed by atoms with Crippen LogP contribution in [0.15, 0.2) is 42.6 Å². The van der Waals surface area contributed by atoms with Gasteiger partial charge in [-0.2, -0.15) is 0 Å². The van der Waals surface area contributed by atoms with Crippen molar-refractivity contribution >= 4 is 60.8 Å². The maximum absolute atomic E-state index is 12.6. The number of hydrogen-bond acceptors (Lipinski definition) is 4. The highest BCUT2D eigenvalue weighted by Gasteiger charge is 2.14. The number of fused-ring (bicyclic) bond motifs is 2. The Kier molecular flexibility index (Phi) is 5.35. The first-order chi connectivity index (χ1) is 14.7. The number of thiazole rings is 1. The van der Waals surface area contributed by atoms with Crippen LogP contribution in [0.25, 0.3) is 21.1 Å². The topological polar surface area (TPSA) is 61.0 Å². The Morgan fingerprint density at radius 3 is 2.80 bits per heavy atom. The predicted octanol–water partition coefficient (Wildman–Crippen LogP) is 5.99. The molecule has 2 aromatic heterocycles. The molecular formula is C23H23ClN4OS. The lowest BCUT2D eigenvalue weighted by Gasteiger charge is -2.22. The Morgan fingerprint density at radius 1 is 1.13 bits per heavy atom. The molecule has 4 aromatic rings. The number of aromatic amines is 1. The summed E-state index contributed by atoms with van der Waals surface area (Å²) in [7, 11) is 0. The first kappa shape index (κ1) is 19.4. The van der Waals surface area contributed by atoms with Crippen molar-refractivity contribution in [2.75, 3.05) is 23.3 Å². The molecule has 1 amide bonds. The second-order valence-corrected chi connectivity index (χ2v) is 9.27. The highest BCUT2D eigenvalue weighted by Crippen LogP contribution is 2.31. The lowest BCUT2D eigenvalue weighted by molar-refractivity contribution is -0.115. The summed E-state index contributed by atoms with van der Waals surface area (Å²) >= 11 is 7.64. The molecule has 5 nitrogen and oxygen atoms in total. The average molecular weight is 439 g/mol. The standard InChI is InChI=1S/C23H23ClN4OS/c24-16-5-7-19-18(12-16)15(14-25-19)11-22(29)27-23-26-20-8-6-17(13-21(20)30-23)28-9-3-1-2-4-10-28/h5-8,12-14,25H,1-4,9-11H2,(H,26,27,29). The average Bonchev–Trinajstić information content (AvgIpc) is 3.19. The van der Waals surface area contributed by atoms with Gasteiger partial charge >= 0.3 is 0 Å². The number of aromatic nitrogens is 2. The van der Waals surface area contributed by atoms with Gasteiger partial charge in [0.2, 0.25) is 5.91 Å². The second-order valence-electron chi connectivity index (χ2n) is 7.80. The van der Waals surface area contributed by atoms with Crippen molar-refractivity contribution in [2.24, 2.45) is 0 Å². The zero-order valence-electron chi connectivity index (χ0n) is 16.6. The molecule has 0 saturated carbocycles. The van der Waals surface area contributed by atoms with Crippen molar-refractivity contribution in [2.45, 2.75) is 32.1 Å². The Bertz CT molecular complexity index is 1210. The van der Waals surface area contributed by atoms with E-state index in [-0.39, 0.29) is 12.3 Å². The minimum Gasteiger partial charge on any atom is -0.371 e. The summed E-state index contributed by atoms with van der Waals surface area (Å²) < 4.78 is 1.10. The first-order valence-corrected chi connectivity index (χ1v) is 11.6. The summed E-state index contributed by atoms with van der Waals surface area (Å²) in [6, 6.07) is 12.1. The lowest BCUT2D eigenvalue weighted by Crippen LogP contribution is -2.23. The number of anilines is 2. The molecule has 2 N–H and O–H groups in total. The molecule has 154 valence electrons. The van der Waals surface area contributed by atoms with Gasteiger partial charge in [-0.3, -0.25) is 4.79 Å². The number of amides is 1. The van der Waals surface area contributed by atoms with Crippen LogP contribution in [0.1, 0.15) is 31.2 Å². The van der Waals surface area contributed by atoms with Crippen LogP contribution in [0.2, 0.25) is 5.02 Å². The molecule has 0 bridgehead atoms. The summed E-state index contributed by atoms with van der Waals surface area (Å²) in [5.74, 6) is -0.0809. The fourth-order valence-electron chi connectivity index (χ4n) is 4.13. The molecule has 3 heterocycles. The molecule has 1 aliphatic heterocycles. The molecule has 7 heteroatoms. The quantitative estimate of drug-likeness (QED) is 0.411. The Hall–Kier alpha value is -2.57. The van der Waals surface area contributed by atoms with Gasteiger partial charge in [-0.05, 0) is 54.8 Å². The number of carbonyl (C=O) groups is 1. The Balaban J connectivity index is 1.32. The summed E-state index contributed by atoms with van der Waals surface area (Å²) in [6.07, 6.45) is 7.28. The van der Waals surface area contributed by atoms with Crippen molar-refractivity contribution in [3.63, 3.8) is 0 Å². The second kappa shape index (κ2) is 8.28. The van der Waals surface area contributed by atoms with E-state index in [1.165, 1.54) is 42.7 Å². The van der Waals surface area contributed by atoms with Gasteiger partial charge in [0.05, 0.1) is 16.6 Å². The van der Waals surface area contributed by atoms with E-state index in [4.69, 9.17) is 11.6 Å². The van der Waals surface area contributed by atoms with Crippen molar-refractivity contribution in [3.05, 3.63) is 53.2 Å². The third-order valence-electron chi connectivity index (χ3n) is 5.67. The van der Waals surface area contributed by atoms with E-state index >= 15 is 0 Å². The molecule has 1 fully saturated rings. The van der Waals surface area contributed by atoms with Crippen LogP contribution in [-0.2, 0) is 11.2 Å². The maximum atomic E-state index is 12.6. The van der Waals surface area contributed by atoms with Crippen LogP contribution in [0.4, 0.5) is 10.8 Å². The van der Waals surface area contributed by atoms with Crippen LogP contribution in [0.3, 0.4) is 0 Å². The molecule has 0 aliphatic carbocycles. The van der Waals surface area contributed by atoms with E-state index in [1.54, 1.807) is 0 Å². The molecule has 0 spiro atoms. The fourth-order valence-corrected chi connectivity index (χ4v) is 5.21. The highest BCUT2D eigenvalue weighted by molar-refractivity contribution is 7.22. The van der Waals surface area contributed by atoms with Gasteiger partial charge in [0.1, 0.15) is 0 Å². The Labute approximate surface area is 184 Å². The zero-order chi connectivity index (χ0) is 20.5. The van der Waals surface area contributed by atoms with Gasteiger partial charge in [0.25, 0.3) is 0 Å². The fraction of sp³-hybridized carbons (Fsp3) is 0.304. The van der Waals surface area contributed by atoms with E-state index in [0.29, 0.717) is 10.2 Å². The van der Waals surface area contributed by atoms with Crippen molar-refractivity contribution in [3.8, 4) is 0 Å². The molecule has 1 aliphatic rings. The summed E-state index contributed by atoms with van der Waals surface area (Å²) in [5, 5.41) is 5.24. The Morgan fingerprint density at radius 2 is 1.97 bits per heavy atom. The van der Waals surface area contributed by atoms with Crippen LogP contribution < -0.4 is 10.2 Å². The van der Waals surface area contributed by atoms with Crippen LogP contribution in [-0.4, -0.2) is 29.0 Å². The SMILES string of the molecule is O=C(Cc1c[nH]c2ccc(Cl)cc12)Nc1nc2ccc(N3CCCCCC3)cc2s1. The van der Waals surface area contributed by atoms with Gasteiger partial charge in [0.15, 0.2) is 5.13 Å². The molecule has 5 rings (SSSR count). The largest absolute Gasteiger partial charge is 0.371 e. The van der Waals surface area contributed by atoms with Crippen molar-refractivity contribution in [1.82, 2.24) is 9.97 Å². The molecule has 0 unspecified atom stereocenters. The number of nitrogens with zero attached hydrogens (tertiary/aromatic N) is 2. The monoisotopic (exact) mass is 438 g/mol. The van der Waals surface area contributed by atoms with Gasteiger partial charge < -0.3 is 15.2 Å². The number of benzene rings is 2. The van der Waals surface area contributed by atoms with Gasteiger partial charge in [-0.25, -0.2) is 4.98 Å². The molecule has 30 heavy (non-hydrogen) atoms. The minimum atomic E-state index is -0.0809. The molecular weight excluding hydrogens is 416 g/mol. The number of carbonyl (C=O) groups excluding carboxylic acids is 1. The lowest BCUT2D eigenvalue weighted by atomic mass is 10.1. The normalized spacial score (nSPS) is 14.9. The highest BCUT2D eigenvalue weighted by atomic mass is 35.5. The van der Waals surface area contributed by atoms with Crippen molar-refractivity contribution < 1.29 is 4.79 Å². The van der Waals surface area contributed by atoms with E-state index in [0.717, 1.165) is 39.8 Å². The number of halogens is 1. The number of rotatable bonds is 4. The minimum absolute atomic E-state index is 0.0809. The maximum Gasteiger partial charge on any atom is 0.230 e. The van der Waals surface area contributed by atoms with Gasteiger partial charge in [-0.1, -0.05) is 35.8 Å². The predicted molar refractivity (Wildman–Crippen MR) is 126 cm³/mol.